The van der Waals surface area contributed by atoms with Gasteiger partial charge in [0.15, 0.2) is 0 Å². The van der Waals surface area contributed by atoms with Crippen LogP contribution in [0.4, 0.5) is 0 Å². The molecule has 2 nitrogen and oxygen atoms in total. The van der Waals surface area contributed by atoms with E-state index in [0.29, 0.717) is 10.9 Å². The Balaban J connectivity index is 2.03. The van der Waals surface area contributed by atoms with E-state index in [1.807, 2.05) is 0 Å². The molecule has 82 valence electrons. The van der Waals surface area contributed by atoms with Crippen LogP contribution in [-0.4, -0.2) is 28.9 Å². The third-order valence-electron chi connectivity index (χ3n) is 3.23. The highest BCUT2D eigenvalue weighted by molar-refractivity contribution is 8.00. The molecule has 0 amide bonds. The summed E-state index contributed by atoms with van der Waals surface area (Å²) in [6, 6.07) is 0.717. The second-order valence-corrected chi connectivity index (χ2v) is 6.49. The van der Waals surface area contributed by atoms with Gasteiger partial charge in [0.2, 0.25) is 0 Å². The second kappa shape index (κ2) is 3.69. The van der Waals surface area contributed by atoms with Crippen LogP contribution in [0.3, 0.4) is 0 Å². The summed E-state index contributed by atoms with van der Waals surface area (Å²) in [6.45, 7) is 7.58. The van der Waals surface area contributed by atoms with E-state index in [4.69, 9.17) is 4.74 Å². The SMILES string of the molecule is CCC1CSC2(CCOC(C)(C)C2)N1. The van der Waals surface area contributed by atoms with E-state index in [1.54, 1.807) is 0 Å². The topological polar surface area (TPSA) is 21.3 Å². The quantitative estimate of drug-likeness (QED) is 0.725. The molecule has 2 aliphatic heterocycles. The lowest BCUT2D eigenvalue weighted by Crippen LogP contribution is -2.51. The van der Waals surface area contributed by atoms with Crippen LogP contribution in [-0.2, 0) is 4.74 Å². The molecule has 2 rings (SSSR count). The van der Waals surface area contributed by atoms with Crippen LogP contribution in [0.15, 0.2) is 0 Å². The molecule has 0 aromatic carbocycles. The van der Waals surface area contributed by atoms with Crippen LogP contribution < -0.4 is 5.32 Å². The van der Waals surface area contributed by atoms with Crippen molar-refractivity contribution >= 4 is 11.8 Å². The number of hydrogen-bond donors (Lipinski definition) is 1. The molecule has 2 aliphatic rings. The Morgan fingerprint density at radius 2 is 2.29 bits per heavy atom. The third-order valence-corrected chi connectivity index (χ3v) is 4.82. The smallest absolute Gasteiger partial charge is 0.0697 e. The summed E-state index contributed by atoms with van der Waals surface area (Å²) < 4.78 is 5.77. The lowest BCUT2D eigenvalue weighted by molar-refractivity contribution is -0.0690. The third kappa shape index (κ3) is 2.10. The molecule has 1 spiro atoms. The van der Waals surface area contributed by atoms with Gasteiger partial charge in [0.25, 0.3) is 0 Å². The van der Waals surface area contributed by atoms with Crippen LogP contribution in [0.5, 0.6) is 0 Å². The molecule has 0 bridgehead atoms. The minimum Gasteiger partial charge on any atom is -0.375 e. The zero-order valence-electron chi connectivity index (χ0n) is 9.43. The van der Waals surface area contributed by atoms with Crippen LogP contribution >= 0.6 is 11.8 Å². The number of thioether (sulfide) groups is 1. The average Bonchev–Trinajstić information content (AvgIpc) is 2.46. The van der Waals surface area contributed by atoms with E-state index in [-0.39, 0.29) is 5.60 Å². The van der Waals surface area contributed by atoms with Gasteiger partial charge in [-0.2, -0.15) is 0 Å². The van der Waals surface area contributed by atoms with Crippen LogP contribution in [0.1, 0.15) is 40.0 Å². The van der Waals surface area contributed by atoms with Gasteiger partial charge >= 0.3 is 0 Å². The first-order chi connectivity index (χ1) is 6.55. The minimum absolute atomic E-state index is 0.0564. The molecule has 2 heterocycles. The van der Waals surface area contributed by atoms with Gasteiger partial charge in [0.1, 0.15) is 0 Å². The summed E-state index contributed by atoms with van der Waals surface area (Å²) >= 11 is 2.11. The van der Waals surface area contributed by atoms with Gasteiger partial charge in [-0.3, -0.25) is 5.32 Å². The highest BCUT2D eigenvalue weighted by Crippen LogP contribution is 2.44. The molecule has 2 atom stereocenters. The van der Waals surface area contributed by atoms with Gasteiger partial charge < -0.3 is 4.74 Å². The first-order valence-electron chi connectivity index (χ1n) is 5.61. The zero-order chi connectivity index (χ0) is 10.2. The second-order valence-electron chi connectivity index (χ2n) is 5.09. The fourth-order valence-electron chi connectivity index (χ4n) is 2.50. The fraction of sp³-hybridized carbons (Fsp3) is 1.00. The molecule has 3 heteroatoms. The van der Waals surface area contributed by atoms with Crippen LogP contribution in [0, 0.1) is 0 Å². The molecule has 2 unspecified atom stereocenters. The predicted octanol–water partition coefficient (Wildman–Crippen LogP) is 2.39. The van der Waals surface area contributed by atoms with Gasteiger partial charge in [0, 0.05) is 24.8 Å². The summed E-state index contributed by atoms with van der Waals surface area (Å²) in [5, 5.41) is 3.79. The van der Waals surface area contributed by atoms with Gasteiger partial charge in [-0.1, -0.05) is 6.92 Å². The largest absolute Gasteiger partial charge is 0.375 e. The van der Waals surface area contributed by atoms with E-state index in [2.05, 4.69) is 37.8 Å². The minimum atomic E-state index is 0.0564. The van der Waals surface area contributed by atoms with Crippen molar-refractivity contribution in [2.24, 2.45) is 0 Å². The average molecular weight is 215 g/mol. The molecule has 0 radical (unpaired) electrons. The first kappa shape index (κ1) is 10.8. The Bertz CT molecular complexity index is 219. The van der Waals surface area contributed by atoms with Crippen molar-refractivity contribution in [1.82, 2.24) is 5.32 Å². The fourth-order valence-corrected chi connectivity index (χ4v) is 4.27. The molecular formula is C11H21NOS. The lowest BCUT2D eigenvalue weighted by Gasteiger charge is -2.42. The maximum absolute atomic E-state index is 5.77. The molecule has 0 aliphatic carbocycles. The molecule has 2 fully saturated rings. The summed E-state index contributed by atoms with van der Waals surface area (Å²) in [5.41, 5.74) is 0.0564. The van der Waals surface area contributed by atoms with E-state index < -0.39 is 0 Å². The number of rotatable bonds is 1. The standard InChI is InChI=1S/C11H21NOS/c1-4-9-7-14-11(12-9)5-6-13-10(2,3)8-11/h9,12H,4-8H2,1-3H3. The monoisotopic (exact) mass is 215 g/mol. The molecule has 0 aromatic heterocycles. The van der Waals surface area contributed by atoms with Crippen molar-refractivity contribution in [3.8, 4) is 0 Å². The highest BCUT2D eigenvalue weighted by atomic mass is 32.2. The number of nitrogens with one attached hydrogen (secondary N) is 1. The summed E-state index contributed by atoms with van der Waals surface area (Å²) in [6.07, 6.45) is 3.55. The molecule has 0 saturated carbocycles. The normalized spacial score (nSPS) is 41.8. The van der Waals surface area contributed by atoms with Gasteiger partial charge in [-0.25, -0.2) is 0 Å². The van der Waals surface area contributed by atoms with E-state index in [0.717, 1.165) is 19.4 Å². The molecular weight excluding hydrogens is 194 g/mol. The van der Waals surface area contributed by atoms with Crippen molar-refractivity contribution in [2.75, 3.05) is 12.4 Å². The van der Waals surface area contributed by atoms with Crippen LogP contribution in [0.2, 0.25) is 0 Å². The predicted molar refractivity (Wildman–Crippen MR) is 61.7 cm³/mol. The van der Waals surface area contributed by atoms with Crippen molar-refractivity contribution in [1.29, 1.82) is 0 Å². The van der Waals surface area contributed by atoms with Crippen molar-refractivity contribution < 1.29 is 4.74 Å². The number of hydrogen-bond acceptors (Lipinski definition) is 3. The van der Waals surface area contributed by atoms with E-state index in [9.17, 15) is 0 Å². The Hall–Kier alpha value is 0.270. The van der Waals surface area contributed by atoms with E-state index >= 15 is 0 Å². The van der Waals surface area contributed by atoms with Crippen molar-refractivity contribution in [2.45, 2.75) is 56.5 Å². The summed E-state index contributed by atoms with van der Waals surface area (Å²) in [5.74, 6) is 1.27. The Morgan fingerprint density at radius 3 is 2.86 bits per heavy atom. The Labute approximate surface area is 91.2 Å². The molecule has 2 saturated heterocycles. The van der Waals surface area contributed by atoms with Gasteiger partial charge in [-0.05, 0) is 26.7 Å². The van der Waals surface area contributed by atoms with Crippen molar-refractivity contribution in [3.05, 3.63) is 0 Å². The Morgan fingerprint density at radius 1 is 1.50 bits per heavy atom. The maximum Gasteiger partial charge on any atom is 0.0697 e. The maximum atomic E-state index is 5.77. The van der Waals surface area contributed by atoms with Crippen molar-refractivity contribution in [3.63, 3.8) is 0 Å². The summed E-state index contributed by atoms with van der Waals surface area (Å²) in [7, 11) is 0. The Kier molecular flexibility index (Phi) is 2.84. The molecule has 1 N–H and O–H groups in total. The van der Waals surface area contributed by atoms with Gasteiger partial charge in [-0.15, -0.1) is 11.8 Å². The lowest BCUT2D eigenvalue weighted by atomic mass is 9.93. The number of ether oxygens (including phenoxy) is 1. The van der Waals surface area contributed by atoms with E-state index in [1.165, 1.54) is 12.2 Å². The summed E-state index contributed by atoms with van der Waals surface area (Å²) in [4.78, 5) is 0.322. The molecule has 0 aromatic rings. The molecule has 14 heavy (non-hydrogen) atoms. The van der Waals surface area contributed by atoms with Crippen LogP contribution in [0.25, 0.3) is 0 Å². The van der Waals surface area contributed by atoms with Gasteiger partial charge in [0.05, 0.1) is 10.5 Å². The highest BCUT2D eigenvalue weighted by Gasteiger charge is 2.45. The first-order valence-corrected chi connectivity index (χ1v) is 6.59. The zero-order valence-corrected chi connectivity index (χ0v) is 10.2.